The van der Waals surface area contributed by atoms with Crippen molar-refractivity contribution in [3.63, 3.8) is 0 Å². The third-order valence-electron chi connectivity index (χ3n) is 5.52. The van der Waals surface area contributed by atoms with Gasteiger partial charge in [0.15, 0.2) is 0 Å². The van der Waals surface area contributed by atoms with Gasteiger partial charge in [0.2, 0.25) is 5.78 Å². The molecule has 134 valence electrons. The molecule has 1 fully saturated rings. The summed E-state index contributed by atoms with van der Waals surface area (Å²) in [5.74, 6) is 0.591. The van der Waals surface area contributed by atoms with Gasteiger partial charge >= 0.3 is 0 Å². The first-order chi connectivity index (χ1) is 13.1. The first-order valence-corrected chi connectivity index (χ1v) is 9.51. The second-order valence-electron chi connectivity index (χ2n) is 7.21. The monoisotopic (exact) mass is 374 g/mol. The van der Waals surface area contributed by atoms with E-state index < -0.39 is 0 Å². The molecule has 4 nitrogen and oxygen atoms in total. The zero-order chi connectivity index (χ0) is 18.4. The van der Waals surface area contributed by atoms with Crippen LogP contribution in [0.25, 0.3) is 28.2 Å². The van der Waals surface area contributed by atoms with E-state index in [1.54, 1.807) is 6.20 Å². The van der Waals surface area contributed by atoms with E-state index in [-0.39, 0.29) is 5.54 Å². The first-order valence-electron chi connectivity index (χ1n) is 9.13. The van der Waals surface area contributed by atoms with Crippen molar-refractivity contribution < 1.29 is 0 Å². The summed E-state index contributed by atoms with van der Waals surface area (Å²) in [4.78, 5) is 9.12. The Morgan fingerprint density at radius 3 is 2.37 bits per heavy atom. The third kappa shape index (κ3) is 2.73. The van der Waals surface area contributed by atoms with Crippen molar-refractivity contribution in [2.45, 2.75) is 24.8 Å². The van der Waals surface area contributed by atoms with Crippen LogP contribution in [0.2, 0.25) is 5.15 Å². The molecule has 5 rings (SSSR count). The smallest absolute Gasteiger partial charge is 0.235 e. The second-order valence-corrected chi connectivity index (χ2v) is 7.59. The molecule has 1 saturated carbocycles. The van der Waals surface area contributed by atoms with Crippen LogP contribution in [0.5, 0.6) is 0 Å². The summed E-state index contributed by atoms with van der Waals surface area (Å²) in [7, 11) is 0. The average Bonchev–Trinajstić information content (AvgIpc) is 3.06. The van der Waals surface area contributed by atoms with Gasteiger partial charge in [-0.05, 0) is 30.4 Å². The Bertz CT molecular complexity index is 1110. The van der Waals surface area contributed by atoms with Gasteiger partial charge in [0.05, 0.1) is 11.9 Å². The molecule has 27 heavy (non-hydrogen) atoms. The van der Waals surface area contributed by atoms with Crippen molar-refractivity contribution in [3.8, 4) is 22.4 Å². The van der Waals surface area contributed by atoms with Crippen molar-refractivity contribution in [2.24, 2.45) is 5.73 Å². The minimum atomic E-state index is -0.158. The molecule has 4 aromatic rings. The number of fused-ring (bicyclic) bond motifs is 1. The van der Waals surface area contributed by atoms with Crippen LogP contribution in [0, 0.1) is 0 Å². The van der Waals surface area contributed by atoms with Gasteiger partial charge in [-0.2, -0.15) is 0 Å². The SMILES string of the molecule is NC1(c2ccc(-c3nc4ncc(Cl)n4cc3-c3ccccc3)cc2)CCC1. The highest BCUT2D eigenvalue weighted by molar-refractivity contribution is 6.29. The summed E-state index contributed by atoms with van der Waals surface area (Å²) in [6.07, 6.45) is 6.94. The number of benzene rings is 2. The second kappa shape index (κ2) is 6.19. The van der Waals surface area contributed by atoms with Crippen LogP contribution in [0.4, 0.5) is 0 Å². The predicted octanol–water partition coefficient (Wildman–Crippen LogP) is 5.05. The fraction of sp³-hybridized carbons (Fsp3) is 0.182. The lowest BCUT2D eigenvalue weighted by molar-refractivity contribution is 0.253. The van der Waals surface area contributed by atoms with Gasteiger partial charge in [-0.1, -0.05) is 66.2 Å². The highest BCUT2D eigenvalue weighted by atomic mass is 35.5. The fourth-order valence-electron chi connectivity index (χ4n) is 3.74. The molecule has 1 aliphatic rings. The Kier molecular flexibility index (Phi) is 3.78. The molecule has 0 radical (unpaired) electrons. The van der Waals surface area contributed by atoms with Crippen LogP contribution in [0.3, 0.4) is 0 Å². The Morgan fingerprint density at radius 1 is 0.963 bits per heavy atom. The maximum Gasteiger partial charge on any atom is 0.235 e. The lowest BCUT2D eigenvalue weighted by Gasteiger charge is -2.38. The number of imidazole rings is 1. The van der Waals surface area contributed by atoms with Gasteiger partial charge in [-0.25, -0.2) is 9.97 Å². The maximum absolute atomic E-state index is 6.47. The average molecular weight is 375 g/mol. The number of aromatic nitrogens is 3. The van der Waals surface area contributed by atoms with Gasteiger partial charge in [0.25, 0.3) is 0 Å². The van der Waals surface area contributed by atoms with E-state index in [0.717, 1.165) is 35.2 Å². The van der Waals surface area contributed by atoms with E-state index in [1.807, 2.05) is 28.8 Å². The standard InChI is InChI=1S/C22H19ClN4/c23-19-13-25-21-26-20(18(14-27(19)21)15-5-2-1-3-6-15)16-7-9-17(10-8-16)22(24)11-4-12-22/h1-3,5-10,13-14H,4,11-12,24H2. The first kappa shape index (κ1) is 16.5. The largest absolute Gasteiger partial charge is 0.321 e. The third-order valence-corrected chi connectivity index (χ3v) is 5.80. The summed E-state index contributed by atoms with van der Waals surface area (Å²) in [5.41, 5.74) is 11.5. The molecule has 0 bridgehead atoms. The quantitative estimate of drug-likeness (QED) is 0.545. The van der Waals surface area contributed by atoms with Crippen molar-refractivity contribution in [3.05, 3.63) is 77.7 Å². The minimum absolute atomic E-state index is 0.158. The summed E-state index contributed by atoms with van der Waals surface area (Å²) in [5, 5.41) is 0.548. The number of hydrogen-bond donors (Lipinski definition) is 1. The number of halogens is 1. The Hall–Kier alpha value is -2.69. The van der Waals surface area contributed by atoms with Gasteiger partial charge in [-0.15, -0.1) is 0 Å². The summed E-state index contributed by atoms with van der Waals surface area (Å²) >= 11 is 6.27. The normalized spacial score (nSPS) is 15.6. The Morgan fingerprint density at radius 2 is 1.70 bits per heavy atom. The zero-order valence-electron chi connectivity index (χ0n) is 14.8. The molecule has 2 heterocycles. The predicted molar refractivity (Wildman–Crippen MR) is 109 cm³/mol. The van der Waals surface area contributed by atoms with Crippen molar-refractivity contribution in [1.29, 1.82) is 0 Å². The summed E-state index contributed by atoms with van der Waals surface area (Å²) in [6.45, 7) is 0. The molecule has 0 spiro atoms. The molecule has 0 saturated heterocycles. The number of hydrogen-bond acceptors (Lipinski definition) is 3. The lowest BCUT2D eigenvalue weighted by atomic mass is 9.72. The summed E-state index contributed by atoms with van der Waals surface area (Å²) in [6, 6.07) is 18.7. The van der Waals surface area contributed by atoms with Gasteiger partial charge in [-0.3, -0.25) is 4.40 Å². The highest BCUT2D eigenvalue weighted by Gasteiger charge is 2.34. The highest BCUT2D eigenvalue weighted by Crippen LogP contribution is 2.39. The molecule has 1 aliphatic carbocycles. The van der Waals surface area contributed by atoms with Crippen molar-refractivity contribution >= 4 is 17.4 Å². The molecule has 2 aromatic carbocycles. The molecular weight excluding hydrogens is 356 g/mol. The van der Waals surface area contributed by atoms with Gasteiger partial charge in [0.1, 0.15) is 5.15 Å². The Labute approximate surface area is 162 Å². The van der Waals surface area contributed by atoms with Crippen LogP contribution < -0.4 is 5.73 Å². The van der Waals surface area contributed by atoms with Crippen LogP contribution >= 0.6 is 11.6 Å². The van der Waals surface area contributed by atoms with Crippen molar-refractivity contribution in [2.75, 3.05) is 0 Å². The van der Waals surface area contributed by atoms with Crippen LogP contribution in [0.15, 0.2) is 67.0 Å². The van der Waals surface area contributed by atoms with Crippen LogP contribution in [0.1, 0.15) is 24.8 Å². The number of nitrogens with zero attached hydrogens (tertiary/aromatic N) is 3. The van der Waals surface area contributed by atoms with E-state index in [2.05, 4.69) is 41.4 Å². The molecule has 5 heteroatoms. The maximum atomic E-state index is 6.47. The summed E-state index contributed by atoms with van der Waals surface area (Å²) < 4.78 is 1.81. The van der Waals surface area contributed by atoms with Crippen LogP contribution in [-0.4, -0.2) is 14.4 Å². The number of nitrogens with two attached hydrogens (primary N) is 1. The van der Waals surface area contributed by atoms with Gasteiger partial charge in [0, 0.05) is 22.9 Å². The Balaban J connectivity index is 1.67. The zero-order valence-corrected chi connectivity index (χ0v) is 15.5. The van der Waals surface area contributed by atoms with E-state index in [9.17, 15) is 0 Å². The lowest BCUT2D eigenvalue weighted by Crippen LogP contribution is -2.43. The molecule has 2 N–H and O–H groups in total. The topological polar surface area (TPSA) is 56.2 Å². The fourth-order valence-corrected chi connectivity index (χ4v) is 3.91. The van der Waals surface area contributed by atoms with E-state index in [0.29, 0.717) is 10.9 Å². The van der Waals surface area contributed by atoms with E-state index >= 15 is 0 Å². The molecule has 0 atom stereocenters. The molecule has 0 unspecified atom stereocenters. The van der Waals surface area contributed by atoms with E-state index in [4.69, 9.17) is 22.3 Å². The molecular formula is C22H19ClN4. The van der Waals surface area contributed by atoms with Crippen molar-refractivity contribution in [1.82, 2.24) is 14.4 Å². The van der Waals surface area contributed by atoms with Crippen LogP contribution in [-0.2, 0) is 5.54 Å². The molecule has 2 aromatic heterocycles. The number of rotatable bonds is 3. The van der Waals surface area contributed by atoms with E-state index in [1.165, 1.54) is 12.0 Å². The van der Waals surface area contributed by atoms with Gasteiger partial charge < -0.3 is 5.73 Å². The molecule has 0 amide bonds. The minimum Gasteiger partial charge on any atom is -0.321 e. The molecule has 0 aliphatic heterocycles.